The largest absolute Gasteiger partial charge is 0.308 e. The van der Waals surface area contributed by atoms with Gasteiger partial charge in [-0.15, -0.1) is 11.3 Å². The van der Waals surface area contributed by atoms with E-state index in [-0.39, 0.29) is 0 Å². The minimum absolute atomic E-state index is 0.374. The summed E-state index contributed by atoms with van der Waals surface area (Å²) in [6.07, 6.45) is 0. The second-order valence-electron chi connectivity index (χ2n) is 3.67. The van der Waals surface area contributed by atoms with Crippen LogP contribution in [-0.4, -0.2) is 0 Å². The number of benzene rings is 1. The highest BCUT2D eigenvalue weighted by Crippen LogP contribution is 2.32. The maximum Gasteiger partial charge on any atom is 0.130 e. The van der Waals surface area contributed by atoms with Crippen LogP contribution >= 0.6 is 43.2 Å². The van der Waals surface area contributed by atoms with Crippen molar-refractivity contribution in [3.63, 3.8) is 0 Å². The van der Waals surface area contributed by atoms with Crippen molar-refractivity contribution in [3.8, 4) is 0 Å². The Hall–Kier alpha value is -0.300. The maximum atomic E-state index is 13.4. The lowest BCUT2D eigenvalue weighted by Crippen LogP contribution is -2.13. The molecule has 0 amide bonds. The first-order valence-electron chi connectivity index (χ1n) is 5.14. The van der Waals surface area contributed by atoms with Gasteiger partial charge in [0.05, 0.1) is 3.79 Å². The molecule has 0 spiro atoms. The molecule has 0 saturated carbocycles. The Morgan fingerprint density at radius 1 is 1.11 bits per heavy atom. The SMILES string of the molecule is Fc1ccc(CNCc2cc(Br)c(Br)s2)c(F)c1. The summed E-state index contributed by atoms with van der Waals surface area (Å²) in [6.45, 7) is 1.02. The summed E-state index contributed by atoms with van der Waals surface area (Å²) >= 11 is 8.43. The highest BCUT2D eigenvalue weighted by molar-refractivity contribution is 9.13. The van der Waals surface area contributed by atoms with Gasteiger partial charge in [-0.3, -0.25) is 0 Å². The molecule has 2 aromatic rings. The molecule has 1 N–H and O–H groups in total. The van der Waals surface area contributed by atoms with Gasteiger partial charge in [-0.05, 0) is 44.0 Å². The molecule has 18 heavy (non-hydrogen) atoms. The minimum atomic E-state index is -0.553. The van der Waals surface area contributed by atoms with Crippen molar-refractivity contribution in [3.05, 3.63) is 54.6 Å². The van der Waals surface area contributed by atoms with Gasteiger partial charge in [0.2, 0.25) is 0 Å². The molecule has 0 saturated heterocycles. The lowest BCUT2D eigenvalue weighted by atomic mass is 10.2. The van der Waals surface area contributed by atoms with Gasteiger partial charge in [-0.2, -0.15) is 0 Å². The Balaban J connectivity index is 1.92. The van der Waals surface area contributed by atoms with Crippen molar-refractivity contribution in [2.45, 2.75) is 13.1 Å². The van der Waals surface area contributed by atoms with E-state index < -0.39 is 11.6 Å². The van der Waals surface area contributed by atoms with Crippen molar-refractivity contribution in [1.82, 2.24) is 5.32 Å². The van der Waals surface area contributed by atoms with Crippen LogP contribution in [-0.2, 0) is 13.1 Å². The first-order chi connectivity index (χ1) is 8.56. The second kappa shape index (κ2) is 6.23. The summed E-state index contributed by atoms with van der Waals surface area (Å²) in [4.78, 5) is 1.14. The lowest BCUT2D eigenvalue weighted by Gasteiger charge is -2.04. The van der Waals surface area contributed by atoms with Crippen molar-refractivity contribution in [1.29, 1.82) is 0 Å². The number of thiophene rings is 1. The first kappa shape index (κ1) is 14.1. The predicted octanol–water partition coefficient (Wildman–Crippen LogP) is 4.84. The van der Waals surface area contributed by atoms with Crippen molar-refractivity contribution < 1.29 is 8.78 Å². The third-order valence-corrected chi connectivity index (χ3v) is 5.58. The summed E-state index contributed by atoms with van der Waals surface area (Å²) in [7, 11) is 0. The van der Waals surface area contributed by atoms with E-state index in [0.717, 1.165) is 19.2 Å². The molecule has 96 valence electrons. The fourth-order valence-electron chi connectivity index (χ4n) is 1.46. The zero-order chi connectivity index (χ0) is 13.1. The lowest BCUT2D eigenvalue weighted by molar-refractivity contribution is 0.560. The fraction of sp³-hybridized carbons (Fsp3) is 0.167. The first-order valence-corrected chi connectivity index (χ1v) is 7.55. The van der Waals surface area contributed by atoms with E-state index in [1.807, 2.05) is 6.07 Å². The second-order valence-corrected chi connectivity index (χ2v) is 6.98. The molecule has 1 nitrogen and oxygen atoms in total. The Labute approximate surface area is 124 Å². The molecule has 0 aliphatic rings. The van der Waals surface area contributed by atoms with E-state index in [4.69, 9.17) is 0 Å². The van der Waals surface area contributed by atoms with Crippen LogP contribution in [0.2, 0.25) is 0 Å². The number of hydrogen-bond acceptors (Lipinski definition) is 2. The average Bonchev–Trinajstić information content (AvgIpc) is 2.61. The van der Waals surface area contributed by atoms with Crippen LogP contribution in [0.3, 0.4) is 0 Å². The molecular formula is C12H9Br2F2NS. The van der Waals surface area contributed by atoms with E-state index >= 15 is 0 Å². The summed E-state index contributed by atoms with van der Waals surface area (Å²) in [5.74, 6) is -1.07. The molecule has 1 aromatic carbocycles. The smallest absolute Gasteiger partial charge is 0.130 e. The van der Waals surface area contributed by atoms with Crippen LogP contribution in [0.5, 0.6) is 0 Å². The molecule has 6 heteroatoms. The van der Waals surface area contributed by atoms with Crippen LogP contribution < -0.4 is 5.32 Å². The Morgan fingerprint density at radius 3 is 2.50 bits per heavy atom. The Bertz CT molecular complexity index is 538. The van der Waals surface area contributed by atoms with E-state index in [2.05, 4.69) is 37.2 Å². The Morgan fingerprint density at radius 2 is 1.89 bits per heavy atom. The topological polar surface area (TPSA) is 12.0 Å². The number of hydrogen-bond donors (Lipinski definition) is 1. The van der Waals surface area contributed by atoms with Crippen LogP contribution in [0.1, 0.15) is 10.4 Å². The van der Waals surface area contributed by atoms with Crippen molar-refractivity contribution in [2.24, 2.45) is 0 Å². The fourth-order valence-corrected chi connectivity index (χ4v) is 3.61. The van der Waals surface area contributed by atoms with E-state index in [9.17, 15) is 8.78 Å². The summed E-state index contributed by atoms with van der Waals surface area (Å²) < 4.78 is 28.1. The number of halogens is 4. The third-order valence-electron chi connectivity index (χ3n) is 2.33. The van der Waals surface area contributed by atoms with Gasteiger partial charge in [-0.1, -0.05) is 6.07 Å². The predicted molar refractivity (Wildman–Crippen MR) is 76.6 cm³/mol. The molecular weight excluding hydrogens is 388 g/mol. The van der Waals surface area contributed by atoms with Crippen LogP contribution in [0.15, 0.2) is 32.5 Å². The minimum Gasteiger partial charge on any atom is -0.308 e. The summed E-state index contributed by atoms with van der Waals surface area (Å²) in [5.41, 5.74) is 0.464. The molecule has 2 rings (SSSR count). The molecule has 0 unspecified atom stereocenters. The summed E-state index contributed by atoms with van der Waals surface area (Å²) in [6, 6.07) is 5.62. The van der Waals surface area contributed by atoms with Crippen LogP contribution in [0.25, 0.3) is 0 Å². The normalized spacial score (nSPS) is 10.9. The van der Waals surface area contributed by atoms with Gasteiger partial charge >= 0.3 is 0 Å². The quantitative estimate of drug-likeness (QED) is 0.779. The van der Waals surface area contributed by atoms with Gasteiger partial charge in [0, 0.05) is 34.1 Å². The zero-order valence-electron chi connectivity index (χ0n) is 9.14. The van der Waals surface area contributed by atoms with Gasteiger partial charge in [0.15, 0.2) is 0 Å². The molecule has 0 aliphatic heterocycles. The van der Waals surface area contributed by atoms with E-state index in [1.165, 1.54) is 12.1 Å². The monoisotopic (exact) mass is 395 g/mol. The zero-order valence-corrected chi connectivity index (χ0v) is 13.1. The molecule has 0 fully saturated rings. The molecule has 0 bridgehead atoms. The number of nitrogens with one attached hydrogen (secondary N) is 1. The molecule has 1 heterocycles. The molecule has 0 atom stereocenters. The average molecular weight is 397 g/mol. The molecule has 0 aliphatic carbocycles. The summed E-state index contributed by atoms with van der Waals surface area (Å²) in [5, 5.41) is 3.13. The molecule has 1 aromatic heterocycles. The van der Waals surface area contributed by atoms with E-state index in [1.54, 1.807) is 11.3 Å². The van der Waals surface area contributed by atoms with Crippen LogP contribution in [0.4, 0.5) is 8.78 Å². The van der Waals surface area contributed by atoms with Gasteiger partial charge < -0.3 is 5.32 Å². The Kier molecular flexibility index (Phi) is 4.89. The standard InChI is InChI=1S/C12H9Br2F2NS/c13-10-4-9(18-12(10)14)6-17-5-7-1-2-8(15)3-11(7)16/h1-4,17H,5-6H2. The number of rotatable bonds is 4. The highest BCUT2D eigenvalue weighted by atomic mass is 79.9. The molecule has 0 radical (unpaired) electrons. The van der Waals surface area contributed by atoms with Crippen molar-refractivity contribution in [2.75, 3.05) is 0 Å². The van der Waals surface area contributed by atoms with Gasteiger partial charge in [0.1, 0.15) is 11.6 Å². The highest BCUT2D eigenvalue weighted by Gasteiger charge is 2.06. The van der Waals surface area contributed by atoms with Gasteiger partial charge in [-0.25, -0.2) is 8.78 Å². The van der Waals surface area contributed by atoms with Crippen molar-refractivity contribution >= 4 is 43.2 Å². The maximum absolute atomic E-state index is 13.4. The third kappa shape index (κ3) is 3.60. The van der Waals surface area contributed by atoms with E-state index in [0.29, 0.717) is 18.7 Å². The van der Waals surface area contributed by atoms with Crippen LogP contribution in [0, 0.1) is 11.6 Å². The van der Waals surface area contributed by atoms with Gasteiger partial charge in [0.25, 0.3) is 0 Å².